The van der Waals surface area contributed by atoms with Crippen LogP contribution in [0.3, 0.4) is 0 Å². The Morgan fingerprint density at radius 2 is 0.933 bits per heavy atom. The zero-order chi connectivity index (χ0) is 19.5. The minimum Gasteiger partial charge on any atom is -0.358 e. The van der Waals surface area contributed by atoms with Crippen molar-refractivity contribution < 1.29 is 20.1 Å². The molecule has 0 atom stereocenters. The largest absolute Gasteiger partial charge is 0.402 e. The first-order chi connectivity index (χ1) is 14.4. The van der Waals surface area contributed by atoms with Crippen molar-refractivity contribution in [2.75, 3.05) is 9.62 Å². The van der Waals surface area contributed by atoms with Crippen LogP contribution in [0.25, 0.3) is 22.3 Å². The van der Waals surface area contributed by atoms with E-state index in [0.717, 1.165) is 33.9 Å². The van der Waals surface area contributed by atoms with Gasteiger partial charge in [0.25, 0.3) is 0 Å². The molecule has 1 aliphatic heterocycles. The second-order valence-corrected chi connectivity index (χ2v) is 6.51. The van der Waals surface area contributed by atoms with Crippen LogP contribution in [0.1, 0.15) is 0 Å². The van der Waals surface area contributed by atoms with Gasteiger partial charge in [-0.25, -0.2) is 9.97 Å². The van der Waals surface area contributed by atoms with E-state index in [2.05, 4.69) is 32.1 Å². The number of hydrogen-bond acceptors (Lipinski definition) is 6. The van der Waals surface area contributed by atoms with Crippen molar-refractivity contribution in [1.82, 2.24) is 19.9 Å². The van der Waals surface area contributed by atoms with Gasteiger partial charge in [-0.3, -0.25) is 9.97 Å². The molecular weight excluding hydrogens is 551 g/mol. The van der Waals surface area contributed by atoms with Crippen molar-refractivity contribution in [2.45, 2.75) is 0 Å². The first-order valence-electron chi connectivity index (χ1n) is 9.20. The van der Waals surface area contributed by atoms with E-state index < -0.39 is 0 Å². The Labute approximate surface area is 189 Å². The topological polar surface area (TPSA) is 58.0 Å². The van der Waals surface area contributed by atoms with Crippen LogP contribution < -0.4 is 9.62 Å². The van der Waals surface area contributed by atoms with Crippen LogP contribution >= 0.6 is 0 Å². The van der Waals surface area contributed by atoms with Crippen LogP contribution in [0.4, 0.5) is 11.6 Å². The molecule has 6 nitrogen and oxygen atoms in total. The minimum atomic E-state index is 0. The number of hydrogen-bond donors (Lipinski definition) is 0. The van der Waals surface area contributed by atoms with Gasteiger partial charge in [-0.2, -0.15) is 0 Å². The average molecular weight is 567 g/mol. The standard InChI is InChI=1S/C22H16BN6.Ir/c1-7-24-8-2-17(1)19-5-11-26-21(15-19)28-13-14-29(23-28)22-16-20(6-12-27-22)18-3-9-25-10-4-18;/h1-16H;. The Morgan fingerprint density at radius 1 is 0.533 bits per heavy atom. The molecule has 1 aliphatic rings. The smallest absolute Gasteiger partial charge is 0.358 e. The summed E-state index contributed by atoms with van der Waals surface area (Å²) in [5, 5.41) is 0. The molecule has 0 unspecified atom stereocenters. The van der Waals surface area contributed by atoms with E-state index in [-0.39, 0.29) is 20.1 Å². The molecule has 0 saturated heterocycles. The molecule has 8 heteroatoms. The molecule has 0 aliphatic carbocycles. The summed E-state index contributed by atoms with van der Waals surface area (Å²) in [7, 11) is 1.97. The molecular formula is C22H16BIrN6. The maximum absolute atomic E-state index is 4.51. The van der Waals surface area contributed by atoms with Gasteiger partial charge in [0.05, 0.1) is 0 Å². The molecule has 0 spiro atoms. The van der Waals surface area contributed by atoms with E-state index in [1.807, 2.05) is 78.4 Å². The summed E-state index contributed by atoms with van der Waals surface area (Å²) in [6, 6.07) is 16.1. The number of nitrogens with zero attached hydrogens (tertiary/aromatic N) is 6. The zero-order valence-electron chi connectivity index (χ0n) is 15.8. The summed E-state index contributed by atoms with van der Waals surface area (Å²) >= 11 is 0. The minimum absolute atomic E-state index is 0. The van der Waals surface area contributed by atoms with Crippen molar-refractivity contribution in [3.63, 3.8) is 0 Å². The second-order valence-electron chi connectivity index (χ2n) is 6.51. The van der Waals surface area contributed by atoms with Gasteiger partial charge in [-0.05, 0) is 70.8 Å². The van der Waals surface area contributed by atoms with E-state index in [4.69, 9.17) is 0 Å². The van der Waals surface area contributed by atoms with Gasteiger partial charge in [0.1, 0.15) is 11.6 Å². The molecule has 0 N–H and O–H groups in total. The summed E-state index contributed by atoms with van der Waals surface area (Å²) in [6.45, 7) is 0. The SMILES string of the molecule is [B]1N(c2cc(-c3ccncc3)ccn2)C=CN1c1cc(-c2ccncc2)ccn1.[Ir]. The van der Waals surface area contributed by atoms with E-state index in [1.165, 1.54) is 0 Å². The molecule has 5 heterocycles. The Balaban J connectivity index is 0.00000218. The summed E-state index contributed by atoms with van der Waals surface area (Å²) in [5.41, 5.74) is 4.40. The number of anilines is 2. The van der Waals surface area contributed by atoms with E-state index >= 15 is 0 Å². The molecule has 146 valence electrons. The maximum Gasteiger partial charge on any atom is 0.402 e. The quantitative estimate of drug-likeness (QED) is 0.349. The van der Waals surface area contributed by atoms with Crippen molar-refractivity contribution >= 4 is 19.2 Å². The summed E-state index contributed by atoms with van der Waals surface area (Å²) in [6.07, 6.45) is 14.7. The molecule has 30 heavy (non-hydrogen) atoms. The predicted octanol–water partition coefficient (Wildman–Crippen LogP) is 3.93. The second kappa shape index (κ2) is 8.99. The molecule has 4 aromatic heterocycles. The first kappa shape index (κ1) is 19.9. The molecule has 5 rings (SSSR count). The number of rotatable bonds is 4. The monoisotopic (exact) mass is 568 g/mol. The molecule has 0 aromatic carbocycles. The summed E-state index contributed by atoms with van der Waals surface area (Å²) in [5.74, 6) is 1.67. The van der Waals surface area contributed by atoms with Gasteiger partial charge in [0, 0.05) is 69.7 Å². The first-order valence-corrected chi connectivity index (χ1v) is 9.20. The van der Waals surface area contributed by atoms with Gasteiger partial charge in [-0.1, -0.05) is 0 Å². The molecule has 4 aromatic rings. The fourth-order valence-electron chi connectivity index (χ4n) is 3.19. The van der Waals surface area contributed by atoms with Gasteiger partial charge in [0.15, 0.2) is 0 Å². The normalized spacial score (nSPS) is 12.4. The zero-order valence-corrected chi connectivity index (χ0v) is 18.2. The Morgan fingerprint density at radius 3 is 1.37 bits per heavy atom. The third-order valence-electron chi connectivity index (χ3n) is 4.68. The van der Waals surface area contributed by atoms with Crippen LogP contribution in [0.15, 0.2) is 98.1 Å². The van der Waals surface area contributed by atoms with Crippen LogP contribution in [0.5, 0.6) is 0 Å². The van der Waals surface area contributed by atoms with Crippen LogP contribution in [0.2, 0.25) is 0 Å². The molecule has 0 saturated carbocycles. The van der Waals surface area contributed by atoms with Gasteiger partial charge < -0.3 is 9.62 Å². The van der Waals surface area contributed by atoms with Crippen molar-refractivity contribution in [2.24, 2.45) is 0 Å². The van der Waals surface area contributed by atoms with Crippen LogP contribution in [-0.4, -0.2) is 27.5 Å². The van der Waals surface area contributed by atoms with Crippen molar-refractivity contribution in [3.05, 3.63) is 98.1 Å². The molecule has 0 amide bonds. The average Bonchev–Trinajstić information content (AvgIpc) is 3.31. The van der Waals surface area contributed by atoms with Gasteiger partial charge >= 0.3 is 7.55 Å². The number of pyridine rings is 4. The van der Waals surface area contributed by atoms with Gasteiger partial charge in [0.2, 0.25) is 0 Å². The number of aromatic nitrogens is 4. The van der Waals surface area contributed by atoms with Crippen LogP contribution in [-0.2, 0) is 20.1 Å². The Bertz CT molecular complexity index is 1070. The summed E-state index contributed by atoms with van der Waals surface area (Å²) < 4.78 is 0. The predicted molar refractivity (Wildman–Crippen MR) is 115 cm³/mol. The van der Waals surface area contributed by atoms with Crippen molar-refractivity contribution in [1.29, 1.82) is 0 Å². The fraction of sp³-hybridized carbons (Fsp3) is 0. The fourth-order valence-corrected chi connectivity index (χ4v) is 3.19. The maximum atomic E-state index is 4.51. The third kappa shape index (κ3) is 4.15. The van der Waals surface area contributed by atoms with Gasteiger partial charge in [-0.15, -0.1) is 0 Å². The molecule has 2 radical (unpaired) electrons. The third-order valence-corrected chi connectivity index (χ3v) is 4.68. The van der Waals surface area contributed by atoms with E-state index in [9.17, 15) is 0 Å². The summed E-state index contributed by atoms with van der Waals surface area (Å²) in [4.78, 5) is 21.1. The van der Waals surface area contributed by atoms with E-state index in [0.29, 0.717) is 0 Å². The molecule has 0 fully saturated rings. The Hall–Kier alpha value is -3.35. The molecule has 0 bridgehead atoms. The van der Waals surface area contributed by atoms with Crippen LogP contribution in [0, 0.1) is 0 Å². The van der Waals surface area contributed by atoms with Crippen molar-refractivity contribution in [3.8, 4) is 22.3 Å². The van der Waals surface area contributed by atoms with E-state index in [1.54, 1.807) is 24.8 Å². The Kier molecular flexibility index (Phi) is 5.98.